The fourth-order valence-corrected chi connectivity index (χ4v) is 3.94. The van der Waals surface area contributed by atoms with Gasteiger partial charge in [-0.05, 0) is 55.5 Å². The van der Waals surface area contributed by atoms with Crippen LogP contribution in [0.3, 0.4) is 0 Å². The third kappa shape index (κ3) is 4.54. The van der Waals surface area contributed by atoms with Crippen LogP contribution in [-0.2, 0) is 4.74 Å². The normalized spacial score (nSPS) is 12.3. The van der Waals surface area contributed by atoms with E-state index < -0.39 is 0 Å². The lowest BCUT2D eigenvalue weighted by Crippen LogP contribution is -2.26. The topological polar surface area (TPSA) is 95.1 Å². The molecular formula is C26H31N5O2. The molecule has 0 unspecified atom stereocenters. The Hall–Kier alpha value is -3.45. The van der Waals surface area contributed by atoms with Crippen molar-refractivity contribution in [1.82, 2.24) is 19.9 Å². The number of nitrogens with two attached hydrogens (primary N) is 1. The van der Waals surface area contributed by atoms with Crippen LogP contribution in [0.15, 0.2) is 48.5 Å². The molecule has 33 heavy (non-hydrogen) atoms. The summed E-state index contributed by atoms with van der Waals surface area (Å²) in [6.07, 6.45) is 1.79. The number of nitrogens with zero attached hydrogens (tertiary/aromatic N) is 3. The maximum absolute atomic E-state index is 13.2. The molecule has 2 aromatic heterocycles. The van der Waals surface area contributed by atoms with E-state index in [0.717, 1.165) is 29.6 Å². The first-order chi connectivity index (χ1) is 16.0. The van der Waals surface area contributed by atoms with Crippen molar-refractivity contribution < 1.29 is 9.53 Å². The highest BCUT2D eigenvalue weighted by Crippen LogP contribution is 2.31. The Balaban J connectivity index is 1.80. The third-order valence-corrected chi connectivity index (χ3v) is 6.01. The average Bonchev–Trinajstić information content (AvgIpc) is 3.12. The molecule has 0 radical (unpaired) electrons. The van der Waals surface area contributed by atoms with Crippen molar-refractivity contribution in [2.45, 2.75) is 39.5 Å². The standard InChI is InChI=1S/C26H31N5O2/c1-4-17(3)18-11-13-19(14-12-18)31-24(27)22(26(32)28-15-8-16-33-5-2)23-25(31)30-21-10-7-6-9-20(21)29-23/h6-7,9-14,17H,4-5,8,15-16,27H2,1-3H3,(H,28,32)/t17-/m1/s1. The van der Waals surface area contributed by atoms with Crippen molar-refractivity contribution in [1.29, 1.82) is 0 Å². The first-order valence-corrected chi connectivity index (χ1v) is 11.6. The molecule has 2 aromatic carbocycles. The van der Waals surface area contributed by atoms with Gasteiger partial charge in [0.05, 0.1) is 11.0 Å². The van der Waals surface area contributed by atoms with Crippen LogP contribution in [0.4, 0.5) is 5.82 Å². The van der Waals surface area contributed by atoms with Crippen LogP contribution in [0.1, 0.15) is 55.5 Å². The number of hydrogen-bond acceptors (Lipinski definition) is 5. The molecule has 172 valence electrons. The lowest BCUT2D eigenvalue weighted by atomic mass is 9.99. The Bertz CT molecular complexity index is 1260. The molecule has 0 aliphatic rings. The predicted molar refractivity (Wildman–Crippen MR) is 133 cm³/mol. The maximum atomic E-state index is 13.2. The Kier molecular flexibility index (Phi) is 6.89. The lowest BCUT2D eigenvalue weighted by Gasteiger charge is -2.12. The molecule has 0 fully saturated rings. The number of amides is 1. The number of nitrogen functional groups attached to an aromatic ring is 1. The minimum Gasteiger partial charge on any atom is -0.384 e. The maximum Gasteiger partial charge on any atom is 0.257 e. The van der Waals surface area contributed by atoms with Crippen molar-refractivity contribution >= 4 is 33.9 Å². The van der Waals surface area contributed by atoms with Gasteiger partial charge in [-0.2, -0.15) is 0 Å². The van der Waals surface area contributed by atoms with Gasteiger partial charge in [0.25, 0.3) is 5.91 Å². The van der Waals surface area contributed by atoms with E-state index in [1.165, 1.54) is 5.56 Å². The van der Waals surface area contributed by atoms with Crippen LogP contribution in [0, 0.1) is 0 Å². The molecule has 2 heterocycles. The molecule has 1 amide bonds. The quantitative estimate of drug-likeness (QED) is 0.360. The average molecular weight is 446 g/mol. The molecule has 1 atom stereocenters. The van der Waals surface area contributed by atoms with Gasteiger partial charge in [-0.15, -0.1) is 0 Å². The van der Waals surface area contributed by atoms with E-state index in [9.17, 15) is 4.79 Å². The minimum atomic E-state index is -0.256. The number of anilines is 1. The molecule has 4 aromatic rings. The van der Waals surface area contributed by atoms with Crippen molar-refractivity contribution in [2.24, 2.45) is 0 Å². The predicted octanol–water partition coefficient (Wildman–Crippen LogP) is 4.83. The molecule has 0 aliphatic carbocycles. The molecule has 0 spiro atoms. The van der Waals surface area contributed by atoms with Crippen LogP contribution >= 0.6 is 0 Å². The van der Waals surface area contributed by atoms with Crippen molar-refractivity contribution in [2.75, 3.05) is 25.5 Å². The second-order valence-electron chi connectivity index (χ2n) is 8.19. The van der Waals surface area contributed by atoms with E-state index in [1.807, 2.05) is 47.9 Å². The number of nitrogens with one attached hydrogen (secondary N) is 1. The van der Waals surface area contributed by atoms with Gasteiger partial charge in [0.1, 0.15) is 16.9 Å². The van der Waals surface area contributed by atoms with Crippen molar-refractivity contribution in [3.8, 4) is 5.69 Å². The van der Waals surface area contributed by atoms with Gasteiger partial charge in [0, 0.05) is 25.4 Å². The number of carbonyl (C=O) groups is 1. The van der Waals surface area contributed by atoms with Crippen LogP contribution in [-0.4, -0.2) is 40.2 Å². The third-order valence-electron chi connectivity index (χ3n) is 6.01. The first-order valence-electron chi connectivity index (χ1n) is 11.6. The molecule has 3 N–H and O–H groups in total. The van der Waals surface area contributed by atoms with Gasteiger partial charge in [0.15, 0.2) is 5.65 Å². The second-order valence-corrected chi connectivity index (χ2v) is 8.19. The Labute approximate surface area is 194 Å². The highest BCUT2D eigenvalue weighted by molar-refractivity contribution is 6.11. The molecule has 7 nitrogen and oxygen atoms in total. The Morgan fingerprint density at radius 1 is 1.09 bits per heavy atom. The van der Waals surface area contributed by atoms with Crippen LogP contribution in [0.2, 0.25) is 0 Å². The van der Waals surface area contributed by atoms with Gasteiger partial charge < -0.3 is 15.8 Å². The number of ether oxygens (including phenoxy) is 1. The second kappa shape index (κ2) is 10.0. The molecule has 0 aliphatic heterocycles. The molecule has 0 bridgehead atoms. The summed E-state index contributed by atoms with van der Waals surface area (Å²) in [5.41, 5.74) is 11.6. The van der Waals surface area contributed by atoms with E-state index in [4.69, 9.17) is 20.4 Å². The minimum absolute atomic E-state index is 0.256. The number of rotatable bonds is 9. The fraction of sp³-hybridized carbons (Fsp3) is 0.346. The summed E-state index contributed by atoms with van der Waals surface area (Å²) in [5, 5.41) is 2.96. The molecular weight excluding hydrogens is 414 g/mol. The zero-order chi connectivity index (χ0) is 23.4. The van der Waals surface area contributed by atoms with Crippen LogP contribution in [0.5, 0.6) is 0 Å². The number of carbonyl (C=O) groups excluding carboxylic acids is 1. The zero-order valence-electron chi connectivity index (χ0n) is 19.5. The number of para-hydroxylation sites is 2. The van der Waals surface area contributed by atoms with E-state index in [-0.39, 0.29) is 5.91 Å². The van der Waals surface area contributed by atoms with E-state index in [1.54, 1.807) is 0 Å². The van der Waals surface area contributed by atoms with Gasteiger partial charge in [-0.25, -0.2) is 9.97 Å². The van der Waals surface area contributed by atoms with Crippen LogP contribution in [0.25, 0.3) is 27.9 Å². The van der Waals surface area contributed by atoms with Crippen molar-refractivity contribution in [3.05, 3.63) is 59.7 Å². The molecule has 0 saturated heterocycles. The molecule has 4 rings (SSSR count). The molecule has 0 saturated carbocycles. The van der Waals surface area contributed by atoms with Crippen molar-refractivity contribution in [3.63, 3.8) is 0 Å². The highest BCUT2D eigenvalue weighted by atomic mass is 16.5. The van der Waals surface area contributed by atoms with Crippen LogP contribution < -0.4 is 11.1 Å². The summed E-state index contributed by atoms with van der Waals surface area (Å²) >= 11 is 0. The summed E-state index contributed by atoms with van der Waals surface area (Å²) in [5.74, 6) is 0.548. The highest BCUT2D eigenvalue weighted by Gasteiger charge is 2.24. The fourth-order valence-electron chi connectivity index (χ4n) is 3.94. The number of aromatic nitrogens is 3. The van der Waals surface area contributed by atoms with Gasteiger partial charge in [0.2, 0.25) is 0 Å². The van der Waals surface area contributed by atoms with E-state index in [0.29, 0.717) is 48.2 Å². The first kappa shape index (κ1) is 22.7. The molecule has 7 heteroatoms. The summed E-state index contributed by atoms with van der Waals surface area (Å²) in [7, 11) is 0. The smallest absolute Gasteiger partial charge is 0.257 e. The number of benzene rings is 2. The van der Waals surface area contributed by atoms with E-state index in [2.05, 4.69) is 31.3 Å². The summed E-state index contributed by atoms with van der Waals surface area (Å²) in [6, 6.07) is 15.9. The Morgan fingerprint density at radius 3 is 2.45 bits per heavy atom. The van der Waals surface area contributed by atoms with Gasteiger partial charge in [-0.1, -0.05) is 38.1 Å². The van der Waals surface area contributed by atoms with E-state index >= 15 is 0 Å². The SMILES string of the molecule is CCOCCCNC(=O)c1c(N)n(-c2ccc([C@H](C)CC)cc2)c2nc3ccccc3nc12. The monoisotopic (exact) mass is 445 g/mol. The number of fused-ring (bicyclic) bond motifs is 2. The zero-order valence-corrected chi connectivity index (χ0v) is 19.5. The Morgan fingerprint density at radius 2 is 1.79 bits per heavy atom. The van der Waals surface area contributed by atoms with Gasteiger partial charge in [-0.3, -0.25) is 9.36 Å². The summed E-state index contributed by atoms with van der Waals surface area (Å²) in [6.45, 7) is 8.09. The summed E-state index contributed by atoms with van der Waals surface area (Å²) in [4.78, 5) is 22.8. The summed E-state index contributed by atoms with van der Waals surface area (Å²) < 4.78 is 7.18. The largest absolute Gasteiger partial charge is 0.384 e. The van der Waals surface area contributed by atoms with Gasteiger partial charge >= 0.3 is 0 Å². The lowest BCUT2D eigenvalue weighted by molar-refractivity contribution is 0.0946. The number of hydrogen-bond donors (Lipinski definition) is 2.